The summed E-state index contributed by atoms with van der Waals surface area (Å²) in [5.74, 6) is 1.40. The molecule has 10 heteroatoms. The van der Waals surface area contributed by atoms with Crippen molar-refractivity contribution in [2.75, 3.05) is 36.4 Å². The van der Waals surface area contributed by atoms with Gasteiger partial charge in [0, 0.05) is 37.2 Å². The molecule has 0 spiro atoms. The fourth-order valence-corrected chi connectivity index (χ4v) is 4.89. The second kappa shape index (κ2) is 9.94. The van der Waals surface area contributed by atoms with Crippen molar-refractivity contribution in [3.63, 3.8) is 0 Å². The standard InChI is InChI=1S/C26H27ClN6O3/c1-2-22(34)31-14-11-18(12-15-31)32-16-13-29-23-24(25(28)35)33(30-26(23)32)19-5-9-21(10-6-19)36-20-7-3-17(27)4-8-20/h2-10,18,29H,1,11-16H2,(H2,28,35). The van der Waals surface area contributed by atoms with E-state index in [0.29, 0.717) is 59.0 Å². The third kappa shape index (κ3) is 4.61. The molecule has 0 aliphatic carbocycles. The van der Waals surface area contributed by atoms with Gasteiger partial charge < -0.3 is 25.6 Å². The number of rotatable bonds is 6. The van der Waals surface area contributed by atoms with Crippen LogP contribution in [0.25, 0.3) is 5.69 Å². The number of anilines is 2. The van der Waals surface area contributed by atoms with Crippen molar-refractivity contribution in [2.45, 2.75) is 18.9 Å². The Bertz CT molecular complexity index is 1280. The predicted molar refractivity (Wildman–Crippen MR) is 139 cm³/mol. The summed E-state index contributed by atoms with van der Waals surface area (Å²) < 4.78 is 7.46. The number of ether oxygens (including phenoxy) is 1. The molecule has 5 rings (SSSR count). The highest BCUT2D eigenvalue weighted by molar-refractivity contribution is 6.30. The van der Waals surface area contributed by atoms with Crippen LogP contribution in [-0.4, -0.2) is 58.7 Å². The maximum atomic E-state index is 12.5. The molecule has 1 saturated heterocycles. The molecule has 0 atom stereocenters. The van der Waals surface area contributed by atoms with Crippen LogP contribution in [-0.2, 0) is 4.79 Å². The average molecular weight is 507 g/mol. The number of carbonyl (C=O) groups excluding carboxylic acids is 2. The minimum atomic E-state index is -0.564. The van der Waals surface area contributed by atoms with Crippen molar-refractivity contribution < 1.29 is 14.3 Å². The van der Waals surface area contributed by atoms with Gasteiger partial charge in [-0.15, -0.1) is 5.10 Å². The zero-order chi connectivity index (χ0) is 25.2. The number of hydrogen-bond donors (Lipinski definition) is 2. The first-order valence-electron chi connectivity index (χ1n) is 11.8. The van der Waals surface area contributed by atoms with Gasteiger partial charge in [-0.05, 0) is 67.4 Å². The number of nitrogens with zero attached hydrogens (tertiary/aromatic N) is 4. The van der Waals surface area contributed by atoms with E-state index in [9.17, 15) is 9.59 Å². The number of nitrogens with one attached hydrogen (secondary N) is 1. The minimum absolute atomic E-state index is 0.0433. The van der Waals surface area contributed by atoms with Crippen LogP contribution in [0.3, 0.4) is 0 Å². The first-order chi connectivity index (χ1) is 17.4. The molecule has 1 fully saturated rings. The Morgan fingerprint density at radius 3 is 2.31 bits per heavy atom. The number of hydrogen-bond acceptors (Lipinski definition) is 6. The van der Waals surface area contributed by atoms with Crippen LogP contribution in [0.4, 0.5) is 11.5 Å². The van der Waals surface area contributed by atoms with Crippen LogP contribution >= 0.6 is 11.6 Å². The fourth-order valence-electron chi connectivity index (χ4n) is 4.77. The van der Waals surface area contributed by atoms with E-state index in [-0.39, 0.29) is 11.9 Å². The molecular formula is C26H27ClN6O3. The molecule has 0 unspecified atom stereocenters. The molecule has 36 heavy (non-hydrogen) atoms. The number of fused-ring (bicyclic) bond motifs is 1. The summed E-state index contributed by atoms with van der Waals surface area (Å²) >= 11 is 5.94. The van der Waals surface area contributed by atoms with Gasteiger partial charge in [0.05, 0.1) is 5.69 Å². The highest BCUT2D eigenvalue weighted by Gasteiger charge is 2.34. The van der Waals surface area contributed by atoms with Crippen molar-refractivity contribution in [3.05, 3.63) is 71.9 Å². The van der Waals surface area contributed by atoms with Crippen molar-refractivity contribution in [2.24, 2.45) is 5.73 Å². The highest BCUT2D eigenvalue weighted by atomic mass is 35.5. The third-order valence-electron chi connectivity index (χ3n) is 6.55. The zero-order valence-corrected chi connectivity index (χ0v) is 20.4. The Balaban J connectivity index is 1.40. The van der Waals surface area contributed by atoms with E-state index in [1.54, 1.807) is 28.9 Å². The molecule has 2 aliphatic heterocycles. The van der Waals surface area contributed by atoms with Gasteiger partial charge in [-0.25, -0.2) is 4.68 Å². The Labute approximate surface area is 214 Å². The molecule has 1 aromatic heterocycles. The lowest BCUT2D eigenvalue weighted by molar-refractivity contribution is -0.127. The largest absolute Gasteiger partial charge is 0.457 e. The lowest BCUT2D eigenvalue weighted by Gasteiger charge is -2.40. The van der Waals surface area contributed by atoms with Crippen molar-refractivity contribution >= 4 is 34.9 Å². The maximum Gasteiger partial charge on any atom is 0.269 e. The number of nitrogens with two attached hydrogens (primary N) is 1. The molecule has 2 aliphatic rings. The number of amides is 2. The quantitative estimate of drug-likeness (QED) is 0.492. The third-order valence-corrected chi connectivity index (χ3v) is 6.80. The van der Waals surface area contributed by atoms with Crippen molar-refractivity contribution in [3.8, 4) is 17.2 Å². The first-order valence-corrected chi connectivity index (χ1v) is 12.2. The SMILES string of the molecule is C=CC(=O)N1CCC(N2CCNc3c2nn(-c2ccc(Oc4ccc(Cl)cc4)cc2)c3C(N)=O)CC1. The number of halogens is 1. The van der Waals surface area contributed by atoms with Crippen LogP contribution in [0.2, 0.25) is 5.02 Å². The van der Waals surface area contributed by atoms with E-state index >= 15 is 0 Å². The minimum Gasteiger partial charge on any atom is -0.457 e. The second-order valence-corrected chi connectivity index (χ2v) is 9.19. The van der Waals surface area contributed by atoms with Gasteiger partial charge in [0.25, 0.3) is 5.91 Å². The van der Waals surface area contributed by atoms with Crippen LogP contribution in [0.5, 0.6) is 11.5 Å². The van der Waals surface area contributed by atoms with Crippen LogP contribution in [0.15, 0.2) is 61.2 Å². The predicted octanol–water partition coefficient (Wildman–Crippen LogP) is 3.83. The molecule has 0 radical (unpaired) electrons. The normalized spacial score (nSPS) is 15.7. The molecule has 3 aromatic rings. The zero-order valence-electron chi connectivity index (χ0n) is 19.7. The van der Waals surface area contributed by atoms with E-state index < -0.39 is 5.91 Å². The Hall–Kier alpha value is -3.98. The van der Waals surface area contributed by atoms with Gasteiger partial charge in [0.1, 0.15) is 17.2 Å². The summed E-state index contributed by atoms with van der Waals surface area (Å²) in [6.45, 7) is 6.31. The summed E-state index contributed by atoms with van der Waals surface area (Å²) in [7, 11) is 0. The van der Waals surface area contributed by atoms with Gasteiger partial charge >= 0.3 is 0 Å². The number of likely N-dealkylation sites (tertiary alicyclic amines) is 1. The lowest BCUT2D eigenvalue weighted by Crippen LogP contribution is -2.49. The van der Waals surface area contributed by atoms with E-state index in [1.165, 1.54) is 6.08 Å². The van der Waals surface area contributed by atoms with E-state index in [0.717, 1.165) is 19.4 Å². The number of carbonyl (C=O) groups is 2. The molecule has 0 bridgehead atoms. The van der Waals surface area contributed by atoms with E-state index in [4.69, 9.17) is 27.2 Å². The number of benzene rings is 2. The summed E-state index contributed by atoms with van der Waals surface area (Å²) in [6, 6.07) is 14.6. The van der Waals surface area contributed by atoms with Gasteiger partial charge in [-0.1, -0.05) is 18.2 Å². The molecule has 2 amide bonds. The number of primary amides is 1. The monoisotopic (exact) mass is 506 g/mol. The summed E-state index contributed by atoms with van der Waals surface area (Å²) in [4.78, 5) is 28.5. The summed E-state index contributed by atoms with van der Waals surface area (Å²) in [6.07, 6.45) is 2.98. The molecule has 2 aromatic carbocycles. The molecule has 9 nitrogen and oxygen atoms in total. The van der Waals surface area contributed by atoms with Crippen LogP contribution in [0, 0.1) is 0 Å². The van der Waals surface area contributed by atoms with Gasteiger partial charge in [-0.3, -0.25) is 9.59 Å². The Morgan fingerprint density at radius 1 is 1.06 bits per heavy atom. The molecule has 3 N–H and O–H groups in total. The molecule has 186 valence electrons. The lowest BCUT2D eigenvalue weighted by atomic mass is 10.0. The van der Waals surface area contributed by atoms with Gasteiger partial charge in [0.2, 0.25) is 5.91 Å². The van der Waals surface area contributed by atoms with Crippen LogP contribution in [0.1, 0.15) is 23.3 Å². The molecule has 3 heterocycles. The van der Waals surface area contributed by atoms with Crippen molar-refractivity contribution in [1.29, 1.82) is 0 Å². The van der Waals surface area contributed by atoms with Crippen molar-refractivity contribution in [1.82, 2.24) is 14.7 Å². The maximum absolute atomic E-state index is 12.5. The van der Waals surface area contributed by atoms with Crippen LogP contribution < -0.4 is 20.7 Å². The molecule has 0 saturated carbocycles. The smallest absolute Gasteiger partial charge is 0.269 e. The molecular weight excluding hydrogens is 480 g/mol. The van der Waals surface area contributed by atoms with Gasteiger partial charge in [0.15, 0.2) is 11.5 Å². The second-order valence-electron chi connectivity index (χ2n) is 8.75. The summed E-state index contributed by atoms with van der Waals surface area (Å²) in [5, 5.41) is 8.77. The Morgan fingerprint density at radius 2 is 1.69 bits per heavy atom. The topological polar surface area (TPSA) is 106 Å². The van der Waals surface area contributed by atoms with E-state index in [2.05, 4.69) is 16.8 Å². The average Bonchev–Trinajstić information content (AvgIpc) is 3.30. The number of piperidine rings is 1. The number of aromatic nitrogens is 2. The van der Waals surface area contributed by atoms with Gasteiger partial charge in [-0.2, -0.15) is 0 Å². The first kappa shape index (κ1) is 23.7. The Kier molecular flexibility index (Phi) is 6.56. The summed E-state index contributed by atoms with van der Waals surface area (Å²) in [5.41, 5.74) is 7.44. The van der Waals surface area contributed by atoms with E-state index in [1.807, 2.05) is 29.2 Å². The fraction of sp³-hybridized carbons (Fsp3) is 0.269. The highest BCUT2D eigenvalue weighted by Crippen LogP contribution is 2.36.